The van der Waals surface area contributed by atoms with Crippen molar-refractivity contribution in [1.29, 1.82) is 0 Å². The van der Waals surface area contributed by atoms with Crippen molar-refractivity contribution in [2.75, 3.05) is 0 Å². The van der Waals surface area contributed by atoms with Crippen molar-refractivity contribution in [2.24, 2.45) is 0 Å². The van der Waals surface area contributed by atoms with E-state index in [2.05, 4.69) is 47.7 Å². The lowest BCUT2D eigenvalue weighted by molar-refractivity contribution is 0.402. The van der Waals surface area contributed by atoms with E-state index in [9.17, 15) is 0 Å². The van der Waals surface area contributed by atoms with Gasteiger partial charge in [0, 0.05) is 45.3 Å². The average molecular weight is 562 g/mol. The summed E-state index contributed by atoms with van der Waals surface area (Å²) in [5.74, 6) is 2.47. The summed E-state index contributed by atoms with van der Waals surface area (Å²) >= 11 is 0. The maximum atomic E-state index is 16.4. The predicted molar refractivity (Wildman–Crippen MR) is 170 cm³/mol. The molecule has 43 heavy (non-hydrogen) atoms. The third-order valence-corrected chi connectivity index (χ3v) is 8.63. The number of halogens is 1. The number of benzene rings is 4. The van der Waals surface area contributed by atoms with Crippen LogP contribution in [0.1, 0.15) is 42.3 Å². The highest BCUT2D eigenvalue weighted by Gasteiger charge is 2.37. The van der Waals surface area contributed by atoms with Crippen LogP contribution in [0.3, 0.4) is 0 Å². The van der Waals surface area contributed by atoms with Crippen molar-refractivity contribution in [1.82, 2.24) is 14.5 Å². The Bertz CT molecular complexity index is 2150. The van der Waals surface area contributed by atoms with Crippen LogP contribution in [-0.2, 0) is 5.41 Å². The summed E-state index contributed by atoms with van der Waals surface area (Å²) in [6.07, 6.45) is 2.23. The van der Waals surface area contributed by atoms with Crippen molar-refractivity contribution in [2.45, 2.75) is 25.4 Å². The quantitative estimate of drug-likeness (QED) is 0.215. The molecule has 0 saturated carbocycles. The molecule has 0 aliphatic carbocycles. The Morgan fingerprint density at radius 2 is 1.47 bits per heavy atom. The zero-order chi connectivity index (χ0) is 29.1. The Balaban J connectivity index is 1.36. The molecule has 208 valence electrons. The molecule has 1 aliphatic heterocycles. The molecule has 0 radical (unpaired) electrons. The number of nitrogens with zero attached hydrogens (tertiary/aromatic N) is 3. The molecule has 8 rings (SSSR count). The minimum Gasteiger partial charge on any atom is -0.457 e. The molecule has 0 amide bonds. The van der Waals surface area contributed by atoms with Gasteiger partial charge in [-0.2, -0.15) is 0 Å². The van der Waals surface area contributed by atoms with Crippen molar-refractivity contribution < 1.29 is 9.13 Å². The van der Waals surface area contributed by atoms with Gasteiger partial charge < -0.3 is 4.74 Å². The van der Waals surface area contributed by atoms with Crippen molar-refractivity contribution in [3.8, 4) is 28.6 Å². The van der Waals surface area contributed by atoms with Crippen LogP contribution in [0.4, 0.5) is 4.39 Å². The lowest BCUT2D eigenvalue weighted by atomic mass is 9.75. The molecule has 3 aromatic heterocycles. The summed E-state index contributed by atoms with van der Waals surface area (Å²) in [4.78, 5) is 9.21. The fourth-order valence-electron chi connectivity index (χ4n) is 6.58. The third kappa shape index (κ3) is 3.96. The normalized spacial score (nSPS) is 14.2. The van der Waals surface area contributed by atoms with Gasteiger partial charge in [-0.1, -0.05) is 74.5 Å². The molecular weight excluding hydrogens is 533 g/mol. The molecule has 1 aliphatic rings. The molecule has 0 bridgehead atoms. The Labute approximate surface area is 249 Å². The van der Waals surface area contributed by atoms with Gasteiger partial charge in [-0.3, -0.25) is 9.55 Å². The lowest BCUT2D eigenvalue weighted by Crippen LogP contribution is -2.25. The smallest absolute Gasteiger partial charge is 0.150 e. The maximum absolute atomic E-state index is 16.4. The highest BCUT2D eigenvalue weighted by atomic mass is 19.1. The second-order valence-electron chi connectivity index (χ2n) is 11.6. The van der Waals surface area contributed by atoms with Crippen LogP contribution in [0.2, 0.25) is 0 Å². The van der Waals surface area contributed by atoms with E-state index in [-0.39, 0.29) is 5.41 Å². The van der Waals surface area contributed by atoms with Crippen LogP contribution >= 0.6 is 0 Å². The van der Waals surface area contributed by atoms with Crippen LogP contribution < -0.4 is 4.74 Å². The number of alkyl halides is 1. The molecule has 5 heteroatoms. The highest BCUT2D eigenvalue weighted by molar-refractivity contribution is 6.11. The number of fused-ring (bicyclic) bond motifs is 6. The Morgan fingerprint density at radius 3 is 2.28 bits per heavy atom. The van der Waals surface area contributed by atoms with Gasteiger partial charge in [-0.25, -0.2) is 9.37 Å². The third-order valence-electron chi connectivity index (χ3n) is 8.63. The molecule has 0 saturated heterocycles. The van der Waals surface area contributed by atoms with Gasteiger partial charge in [0.1, 0.15) is 17.3 Å². The van der Waals surface area contributed by atoms with Crippen molar-refractivity contribution in [3.05, 3.63) is 150 Å². The molecule has 0 spiro atoms. The molecular formula is C38H28FN3O. The maximum Gasteiger partial charge on any atom is 0.150 e. The van der Waals surface area contributed by atoms with E-state index in [0.29, 0.717) is 11.1 Å². The Hall–Kier alpha value is -5.29. The van der Waals surface area contributed by atoms with E-state index >= 15 is 4.39 Å². The SMILES string of the molecule is CC1(C)c2ccccc2Oc2ccc3c4ccc(C(F)c5cccc(-c6ccccn6)c5)cc4n(-c4ccccn4)c3c21. The largest absolute Gasteiger partial charge is 0.457 e. The van der Waals surface area contributed by atoms with Crippen LogP contribution in [0.5, 0.6) is 11.5 Å². The first-order chi connectivity index (χ1) is 21.0. The zero-order valence-electron chi connectivity index (χ0n) is 23.8. The van der Waals surface area contributed by atoms with Gasteiger partial charge in [0.25, 0.3) is 0 Å². The molecule has 0 N–H and O–H groups in total. The highest BCUT2D eigenvalue weighted by Crippen LogP contribution is 2.52. The average Bonchev–Trinajstić information content (AvgIpc) is 3.38. The van der Waals surface area contributed by atoms with E-state index in [1.165, 1.54) is 0 Å². The summed E-state index contributed by atoms with van der Waals surface area (Å²) in [7, 11) is 0. The fourth-order valence-corrected chi connectivity index (χ4v) is 6.58. The van der Waals surface area contributed by atoms with Crippen molar-refractivity contribution >= 4 is 21.8 Å². The molecule has 4 heterocycles. The van der Waals surface area contributed by atoms with Gasteiger partial charge in [0.05, 0.1) is 16.7 Å². The van der Waals surface area contributed by atoms with E-state index in [1.807, 2.05) is 91.0 Å². The standard InChI is InChI=1S/C38H28FN3O/c1-38(2)29-12-3-4-14-32(29)43-33-19-18-28-27-17-16-26(23-31(27)42(37(28)35(33)38)34-15-6-8-21-41-34)36(39)25-11-9-10-24(22-25)30-13-5-7-20-40-30/h3-23,36H,1-2H3. The number of aromatic nitrogens is 3. The van der Waals surface area contributed by atoms with E-state index in [1.54, 1.807) is 12.4 Å². The number of ether oxygens (including phenoxy) is 1. The van der Waals surface area contributed by atoms with E-state index in [0.717, 1.165) is 61.5 Å². The van der Waals surface area contributed by atoms with Crippen LogP contribution in [0, 0.1) is 0 Å². The molecule has 4 nitrogen and oxygen atoms in total. The predicted octanol–water partition coefficient (Wildman–Crippen LogP) is 9.73. The van der Waals surface area contributed by atoms with Crippen LogP contribution in [0.25, 0.3) is 38.9 Å². The minimum atomic E-state index is -1.32. The number of para-hydroxylation sites is 1. The monoisotopic (exact) mass is 561 g/mol. The Morgan fingerprint density at radius 1 is 0.698 bits per heavy atom. The van der Waals surface area contributed by atoms with Gasteiger partial charge in [0.15, 0.2) is 6.17 Å². The van der Waals surface area contributed by atoms with Gasteiger partial charge >= 0.3 is 0 Å². The van der Waals surface area contributed by atoms with E-state index in [4.69, 9.17) is 9.72 Å². The summed E-state index contributed by atoms with van der Waals surface area (Å²) in [6.45, 7) is 4.48. The number of hydrogen-bond donors (Lipinski definition) is 0. The molecule has 1 atom stereocenters. The first-order valence-electron chi connectivity index (χ1n) is 14.5. The van der Waals surface area contributed by atoms with Gasteiger partial charge in [-0.15, -0.1) is 0 Å². The van der Waals surface area contributed by atoms with Gasteiger partial charge in [0.2, 0.25) is 0 Å². The Kier molecular flexibility index (Phi) is 5.70. The first-order valence-corrected chi connectivity index (χ1v) is 14.5. The lowest BCUT2D eigenvalue weighted by Gasteiger charge is -2.35. The van der Waals surface area contributed by atoms with Gasteiger partial charge in [-0.05, 0) is 65.7 Å². The number of hydrogen-bond acceptors (Lipinski definition) is 3. The second kappa shape index (κ2) is 9.63. The zero-order valence-corrected chi connectivity index (χ0v) is 23.8. The fraction of sp³-hybridized carbons (Fsp3) is 0.105. The van der Waals surface area contributed by atoms with Crippen LogP contribution in [0.15, 0.2) is 128 Å². The first kappa shape index (κ1) is 25.4. The van der Waals surface area contributed by atoms with E-state index < -0.39 is 6.17 Å². The van der Waals surface area contributed by atoms with Crippen LogP contribution in [-0.4, -0.2) is 14.5 Å². The van der Waals surface area contributed by atoms with Crippen molar-refractivity contribution in [3.63, 3.8) is 0 Å². The molecule has 7 aromatic rings. The summed E-state index contributed by atoms with van der Waals surface area (Å²) in [6, 6.07) is 37.5. The summed E-state index contributed by atoms with van der Waals surface area (Å²) in [5.41, 5.74) is 6.68. The number of pyridine rings is 2. The molecule has 4 aromatic carbocycles. The number of rotatable bonds is 4. The molecule has 0 fully saturated rings. The summed E-state index contributed by atoms with van der Waals surface area (Å²) in [5, 5.41) is 2.12. The molecule has 1 unspecified atom stereocenters. The second-order valence-corrected chi connectivity index (χ2v) is 11.6. The minimum absolute atomic E-state index is 0.345. The topological polar surface area (TPSA) is 39.9 Å². The summed E-state index contributed by atoms with van der Waals surface area (Å²) < 4.78 is 25.0.